The number of hydrogen-bond acceptors (Lipinski definition) is 4. The molecule has 1 aromatic carbocycles. The smallest absolute Gasteiger partial charge is 0.387 e. The van der Waals surface area contributed by atoms with E-state index in [1.807, 2.05) is 0 Å². The van der Waals surface area contributed by atoms with Crippen molar-refractivity contribution in [1.29, 1.82) is 0 Å². The third-order valence-electron chi connectivity index (χ3n) is 4.46. The van der Waals surface area contributed by atoms with Crippen LogP contribution in [0.15, 0.2) is 28.7 Å². The van der Waals surface area contributed by atoms with E-state index in [-0.39, 0.29) is 17.3 Å². The van der Waals surface area contributed by atoms with Gasteiger partial charge in [-0.05, 0) is 26.3 Å². The zero-order chi connectivity index (χ0) is 18.8. The van der Waals surface area contributed by atoms with Crippen LogP contribution in [0.4, 0.5) is 8.78 Å². The van der Waals surface area contributed by atoms with Crippen LogP contribution in [0.2, 0.25) is 0 Å². The van der Waals surface area contributed by atoms with Gasteiger partial charge in [-0.25, -0.2) is 0 Å². The molecule has 1 amide bonds. The summed E-state index contributed by atoms with van der Waals surface area (Å²) in [6.45, 7) is 0.387. The lowest BCUT2D eigenvalue weighted by atomic mass is 9.94. The number of rotatable bonds is 5. The number of amides is 1. The number of nitrogens with one attached hydrogen (secondary N) is 1. The maximum atomic E-state index is 12.6. The molecule has 0 saturated heterocycles. The van der Waals surface area contributed by atoms with Crippen LogP contribution in [0.5, 0.6) is 5.75 Å². The number of ketones is 1. The number of furan rings is 1. The molecular formula is C19H19F2NO4. The molecule has 7 heteroatoms. The number of aryl methyl sites for hydroxylation is 1. The van der Waals surface area contributed by atoms with Gasteiger partial charge in [0.15, 0.2) is 11.5 Å². The Kier molecular flexibility index (Phi) is 5.06. The first-order valence-electron chi connectivity index (χ1n) is 8.38. The first kappa shape index (κ1) is 18.1. The number of para-hydroxylation sites is 1. The molecule has 1 heterocycles. The Labute approximate surface area is 149 Å². The number of ether oxygens (including phenoxy) is 1. The summed E-state index contributed by atoms with van der Waals surface area (Å²) in [6, 6.07) is 5.68. The van der Waals surface area contributed by atoms with Crippen molar-refractivity contribution in [3.05, 3.63) is 52.5 Å². The van der Waals surface area contributed by atoms with E-state index in [0.717, 1.165) is 0 Å². The third-order valence-corrected chi connectivity index (χ3v) is 4.46. The number of halogens is 2. The van der Waals surface area contributed by atoms with Gasteiger partial charge in [-0.2, -0.15) is 8.78 Å². The zero-order valence-corrected chi connectivity index (χ0v) is 14.5. The Hall–Kier alpha value is -2.70. The van der Waals surface area contributed by atoms with Gasteiger partial charge in [0.1, 0.15) is 11.5 Å². The van der Waals surface area contributed by atoms with Crippen LogP contribution in [0.3, 0.4) is 0 Å². The molecule has 0 spiro atoms. The van der Waals surface area contributed by atoms with Gasteiger partial charge in [0.2, 0.25) is 0 Å². The summed E-state index contributed by atoms with van der Waals surface area (Å²) in [5, 5.41) is 2.72. The number of hydrogen-bond donors (Lipinski definition) is 1. The first-order valence-corrected chi connectivity index (χ1v) is 8.38. The van der Waals surface area contributed by atoms with E-state index in [4.69, 9.17) is 4.42 Å². The molecule has 2 aromatic rings. The predicted octanol–water partition coefficient (Wildman–Crippen LogP) is 4.20. The van der Waals surface area contributed by atoms with Gasteiger partial charge in [0.25, 0.3) is 5.91 Å². The SMILES string of the molecule is Cc1c(C(=O)N[C@@H](C)c2ccccc2OC(F)F)oc2c1C(=O)CCC2. The number of benzene rings is 1. The highest BCUT2D eigenvalue weighted by atomic mass is 19.3. The van der Waals surface area contributed by atoms with Crippen LogP contribution in [-0.2, 0) is 6.42 Å². The molecule has 3 rings (SSSR count). The molecule has 0 radical (unpaired) electrons. The van der Waals surface area contributed by atoms with E-state index < -0.39 is 18.6 Å². The minimum absolute atomic E-state index is 0.000869. The fraction of sp³-hybridized carbons (Fsp3) is 0.368. The van der Waals surface area contributed by atoms with Crippen molar-refractivity contribution in [3.8, 4) is 5.75 Å². The molecule has 1 atom stereocenters. The Balaban J connectivity index is 1.82. The largest absolute Gasteiger partial charge is 0.455 e. The fourth-order valence-electron chi connectivity index (χ4n) is 3.25. The van der Waals surface area contributed by atoms with Gasteiger partial charge in [0, 0.05) is 24.0 Å². The van der Waals surface area contributed by atoms with Gasteiger partial charge < -0.3 is 14.5 Å². The van der Waals surface area contributed by atoms with E-state index in [0.29, 0.717) is 41.7 Å². The quantitative estimate of drug-likeness (QED) is 0.864. The van der Waals surface area contributed by atoms with E-state index >= 15 is 0 Å². The van der Waals surface area contributed by atoms with Crippen molar-refractivity contribution < 1.29 is 27.5 Å². The van der Waals surface area contributed by atoms with Gasteiger partial charge in [-0.15, -0.1) is 0 Å². The second-order valence-electron chi connectivity index (χ2n) is 6.24. The minimum Gasteiger partial charge on any atom is -0.455 e. The number of alkyl halides is 2. The van der Waals surface area contributed by atoms with Gasteiger partial charge in [0.05, 0.1) is 11.6 Å². The summed E-state index contributed by atoms with van der Waals surface area (Å²) in [5.74, 6) is 0.114. The van der Waals surface area contributed by atoms with Crippen molar-refractivity contribution in [2.45, 2.75) is 45.8 Å². The van der Waals surface area contributed by atoms with Gasteiger partial charge in [-0.3, -0.25) is 9.59 Å². The normalized spacial score (nSPS) is 14.9. The van der Waals surface area contributed by atoms with Crippen molar-refractivity contribution in [2.75, 3.05) is 0 Å². The molecule has 0 saturated carbocycles. The summed E-state index contributed by atoms with van der Waals surface area (Å²) in [7, 11) is 0. The summed E-state index contributed by atoms with van der Waals surface area (Å²) in [5.41, 5.74) is 1.44. The van der Waals surface area contributed by atoms with Crippen LogP contribution >= 0.6 is 0 Å². The molecule has 1 aliphatic rings. The molecule has 0 bridgehead atoms. The summed E-state index contributed by atoms with van der Waals surface area (Å²) in [6.07, 6.45) is 1.77. The van der Waals surface area contributed by atoms with E-state index in [9.17, 15) is 18.4 Å². The lowest BCUT2D eigenvalue weighted by Crippen LogP contribution is -2.27. The van der Waals surface area contributed by atoms with E-state index in [1.54, 1.807) is 32.0 Å². The lowest BCUT2D eigenvalue weighted by molar-refractivity contribution is -0.0506. The molecule has 0 fully saturated rings. The number of fused-ring (bicyclic) bond motifs is 1. The van der Waals surface area contributed by atoms with Gasteiger partial charge >= 0.3 is 6.61 Å². The first-order chi connectivity index (χ1) is 12.4. The van der Waals surface area contributed by atoms with Crippen LogP contribution in [-0.4, -0.2) is 18.3 Å². The molecular weight excluding hydrogens is 344 g/mol. The molecule has 0 unspecified atom stereocenters. The fourth-order valence-corrected chi connectivity index (χ4v) is 3.25. The van der Waals surface area contributed by atoms with Crippen molar-refractivity contribution >= 4 is 11.7 Å². The number of Topliss-reactive ketones (excluding diaryl/α,β-unsaturated/α-hetero) is 1. The Morgan fingerprint density at radius 2 is 2.00 bits per heavy atom. The second-order valence-corrected chi connectivity index (χ2v) is 6.24. The van der Waals surface area contributed by atoms with Crippen LogP contribution < -0.4 is 10.1 Å². The minimum atomic E-state index is -2.95. The molecule has 5 nitrogen and oxygen atoms in total. The Bertz CT molecular complexity index is 844. The van der Waals surface area contributed by atoms with Crippen molar-refractivity contribution in [2.24, 2.45) is 0 Å². The summed E-state index contributed by atoms with van der Waals surface area (Å²) < 4.78 is 35.2. The highest BCUT2D eigenvalue weighted by molar-refractivity contribution is 6.03. The van der Waals surface area contributed by atoms with Crippen molar-refractivity contribution in [1.82, 2.24) is 5.32 Å². The highest BCUT2D eigenvalue weighted by Crippen LogP contribution is 2.30. The molecule has 26 heavy (non-hydrogen) atoms. The molecule has 0 aliphatic heterocycles. The zero-order valence-electron chi connectivity index (χ0n) is 14.5. The monoisotopic (exact) mass is 363 g/mol. The predicted molar refractivity (Wildman–Crippen MR) is 89.7 cm³/mol. The number of carbonyl (C=O) groups is 2. The lowest BCUT2D eigenvalue weighted by Gasteiger charge is -2.17. The average Bonchev–Trinajstić information content (AvgIpc) is 2.93. The maximum Gasteiger partial charge on any atom is 0.387 e. The summed E-state index contributed by atoms with van der Waals surface area (Å²) in [4.78, 5) is 24.7. The molecule has 138 valence electrons. The third kappa shape index (κ3) is 3.47. The van der Waals surface area contributed by atoms with Crippen molar-refractivity contribution in [3.63, 3.8) is 0 Å². The Morgan fingerprint density at radius 3 is 2.69 bits per heavy atom. The molecule has 1 N–H and O–H groups in total. The standard InChI is InChI=1S/C19H19F2NO4/c1-10-16-13(23)7-5-9-15(16)25-17(10)18(24)22-11(2)12-6-3-4-8-14(12)26-19(20)21/h3-4,6,8,11,19H,5,7,9H2,1-2H3,(H,22,24)/t11-/m0/s1. The van der Waals surface area contributed by atoms with E-state index in [1.165, 1.54) is 6.07 Å². The molecule has 1 aliphatic carbocycles. The second kappa shape index (κ2) is 7.27. The molecule has 1 aromatic heterocycles. The summed E-state index contributed by atoms with van der Waals surface area (Å²) >= 11 is 0. The topological polar surface area (TPSA) is 68.5 Å². The van der Waals surface area contributed by atoms with Gasteiger partial charge in [-0.1, -0.05) is 18.2 Å². The van der Waals surface area contributed by atoms with Crippen LogP contribution in [0.1, 0.15) is 63.6 Å². The van der Waals surface area contributed by atoms with E-state index in [2.05, 4.69) is 10.1 Å². The maximum absolute atomic E-state index is 12.6. The highest BCUT2D eigenvalue weighted by Gasteiger charge is 2.29. The van der Waals surface area contributed by atoms with Crippen LogP contribution in [0.25, 0.3) is 0 Å². The number of carbonyl (C=O) groups excluding carboxylic acids is 2. The average molecular weight is 363 g/mol. The van der Waals surface area contributed by atoms with Crippen LogP contribution in [0, 0.1) is 6.92 Å². The Morgan fingerprint density at radius 1 is 1.27 bits per heavy atom.